The standard InChI is InChI=1S/C17H15N3O4/c1-10-13-8-12(9-18-16(13)24-20-10)15(21)19-14(17(22)23-2)11-6-4-3-5-7-11/h3-9,14H,1-2H3,(H,19,21). The normalized spacial score (nSPS) is 11.9. The summed E-state index contributed by atoms with van der Waals surface area (Å²) in [6.45, 7) is 1.76. The number of aromatic nitrogens is 2. The second kappa shape index (κ2) is 6.49. The molecule has 0 bridgehead atoms. The van der Waals surface area contributed by atoms with E-state index in [2.05, 4.69) is 15.5 Å². The number of esters is 1. The Hall–Kier alpha value is -3.22. The molecule has 1 N–H and O–H groups in total. The van der Waals surface area contributed by atoms with Gasteiger partial charge in [0, 0.05) is 6.20 Å². The van der Waals surface area contributed by atoms with Gasteiger partial charge in [-0.2, -0.15) is 0 Å². The van der Waals surface area contributed by atoms with Crippen LogP contribution < -0.4 is 5.32 Å². The minimum atomic E-state index is -0.900. The Labute approximate surface area is 137 Å². The summed E-state index contributed by atoms with van der Waals surface area (Å²) in [7, 11) is 1.28. The van der Waals surface area contributed by atoms with E-state index in [9.17, 15) is 9.59 Å². The van der Waals surface area contributed by atoms with Gasteiger partial charge in [0.25, 0.3) is 11.6 Å². The predicted octanol–water partition coefficient (Wildman–Crippen LogP) is 2.18. The van der Waals surface area contributed by atoms with Crippen molar-refractivity contribution < 1.29 is 18.8 Å². The van der Waals surface area contributed by atoms with E-state index >= 15 is 0 Å². The van der Waals surface area contributed by atoms with Crippen molar-refractivity contribution in [2.75, 3.05) is 7.11 Å². The lowest BCUT2D eigenvalue weighted by molar-refractivity contribution is -0.143. The van der Waals surface area contributed by atoms with Crippen molar-refractivity contribution in [2.45, 2.75) is 13.0 Å². The molecular weight excluding hydrogens is 310 g/mol. The highest BCUT2D eigenvalue weighted by molar-refractivity contribution is 5.99. The first-order chi connectivity index (χ1) is 11.6. The Bertz CT molecular complexity index is 889. The van der Waals surface area contributed by atoms with Crippen LogP contribution in [-0.4, -0.2) is 29.1 Å². The van der Waals surface area contributed by atoms with Gasteiger partial charge in [0.15, 0.2) is 6.04 Å². The summed E-state index contributed by atoms with van der Waals surface area (Å²) in [4.78, 5) is 28.6. The van der Waals surface area contributed by atoms with Crippen LogP contribution in [0.25, 0.3) is 11.1 Å². The first kappa shape index (κ1) is 15.7. The molecule has 0 aliphatic carbocycles. The van der Waals surface area contributed by atoms with Crippen molar-refractivity contribution in [3.05, 3.63) is 59.4 Å². The number of nitrogens with zero attached hydrogens (tertiary/aromatic N) is 2. The quantitative estimate of drug-likeness (QED) is 0.739. The molecule has 3 aromatic rings. The number of carbonyl (C=O) groups is 2. The summed E-state index contributed by atoms with van der Waals surface area (Å²) >= 11 is 0. The lowest BCUT2D eigenvalue weighted by atomic mass is 10.1. The third-order valence-electron chi connectivity index (χ3n) is 3.62. The van der Waals surface area contributed by atoms with Crippen molar-refractivity contribution in [1.29, 1.82) is 0 Å². The van der Waals surface area contributed by atoms with Crippen molar-refractivity contribution in [3.63, 3.8) is 0 Å². The molecule has 2 aromatic heterocycles. The van der Waals surface area contributed by atoms with E-state index in [4.69, 9.17) is 9.26 Å². The summed E-state index contributed by atoms with van der Waals surface area (Å²) in [5, 5.41) is 7.13. The predicted molar refractivity (Wildman–Crippen MR) is 85.2 cm³/mol. The zero-order valence-corrected chi connectivity index (χ0v) is 13.1. The van der Waals surface area contributed by atoms with Crippen LogP contribution >= 0.6 is 0 Å². The van der Waals surface area contributed by atoms with Gasteiger partial charge in [-0.3, -0.25) is 4.79 Å². The molecule has 24 heavy (non-hydrogen) atoms. The van der Waals surface area contributed by atoms with Crippen LogP contribution in [0.3, 0.4) is 0 Å². The van der Waals surface area contributed by atoms with Gasteiger partial charge in [-0.15, -0.1) is 0 Å². The van der Waals surface area contributed by atoms with Crippen LogP contribution in [-0.2, 0) is 9.53 Å². The first-order valence-electron chi connectivity index (χ1n) is 7.26. The summed E-state index contributed by atoms with van der Waals surface area (Å²) < 4.78 is 9.81. The average Bonchev–Trinajstić information content (AvgIpc) is 3.00. The molecule has 0 fully saturated rings. The molecule has 7 nitrogen and oxygen atoms in total. The molecule has 0 spiro atoms. The van der Waals surface area contributed by atoms with Gasteiger partial charge in [-0.05, 0) is 18.6 Å². The molecule has 1 atom stereocenters. The number of benzene rings is 1. The monoisotopic (exact) mass is 325 g/mol. The fourth-order valence-corrected chi connectivity index (χ4v) is 2.33. The maximum atomic E-state index is 12.5. The van der Waals surface area contributed by atoms with Crippen molar-refractivity contribution >= 4 is 23.0 Å². The third kappa shape index (κ3) is 2.96. The number of amides is 1. The van der Waals surface area contributed by atoms with E-state index in [1.54, 1.807) is 37.3 Å². The lowest BCUT2D eigenvalue weighted by Gasteiger charge is -2.16. The topological polar surface area (TPSA) is 94.3 Å². The highest BCUT2D eigenvalue weighted by atomic mass is 16.5. The second-order valence-corrected chi connectivity index (χ2v) is 5.19. The zero-order chi connectivity index (χ0) is 17.1. The number of carbonyl (C=O) groups excluding carboxylic acids is 2. The van der Waals surface area contributed by atoms with E-state index in [1.165, 1.54) is 13.3 Å². The maximum Gasteiger partial charge on any atom is 0.333 e. The van der Waals surface area contributed by atoms with Crippen molar-refractivity contribution in [2.24, 2.45) is 0 Å². The third-order valence-corrected chi connectivity index (χ3v) is 3.62. The maximum absolute atomic E-state index is 12.5. The number of pyridine rings is 1. The Morgan fingerprint density at radius 1 is 1.25 bits per heavy atom. The van der Waals surface area contributed by atoms with Gasteiger partial charge in [-0.25, -0.2) is 9.78 Å². The summed E-state index contributed by atoms with van der Waals surface area (Å²) in [5.74, 6) is -0.992. The van der Waals surface area contributed by atoms with Crippen LogP contribution in [0.15, 0.2) is 47.1 Å². The van der Waals surface area contributed by atoms with Crippen LogP contribution in [0.4, 0.5) is 0 Å². The number of aryl methyl sites for hydroxylation is 1. The molecule has 3 rings (SSSR count). The number of ether oxygens (including phenoxy) is 1. The number of fused-ring (bicyclic) bond motifs is 1. The van der Waals surface area contributed by atoms with Gasteiger partial charge < -0.3 is 14.6 Å². The fourth-order valence-electron chi connectivity index (χ4n) is 2.33. The average molecular weight is 325 g/mol. The summed E-state index contributed by atoms with van der Waals surface area (Å²) in [5.41, 5.74) is 1.93. The molecule has 122 valence electrons. The van der Waals surface area contributed by atoms with E-state index in [1.807, 2.05) is 6.07 Å². The highest BCUT2D eigenvalue weighted by Crippen LogP contribution is 2.19. The molecule has 7 heteroatoms. The van der Waals surface area contributed by atoms with Crippen LogP contribution in [0, 0.1) is 6.92 Å². The molecule has 0 saturated heterocycles. The number of hydrogen-bond donors (Lipinski definition) is 1. The van der Waals surface area contributed by atoms with E-state index < -0.39 is 17.9 Å². The number of hydrogen-bond acceptors (Lipinski definition) is 6. The van der Waals surface area contributed by atoms with Gasteiger partial charge in [0.05, 0.1) is 23.8 Å². The molecule has 2 heterocycles. The largest absolute Gasteiger partial charge is 0.467 e. The first-order valence-corrected chi connectivity index (χ1v) is 7.26. The van der Waals surface area contributed by atoms with Gasteiger partial charge in [0.1, 0.15) is 0 Å². The van der Waals surface area contributed by atoms with E-state index in [0.717, 1.165) is 0 Å². The number of rotatable bonds is 4. The Morgan fingerprint density at radius 3 is 2.71 bits per heavy atom. The Kier molecular flexibility index (Phi) is 4.24. The van der Waals surface area contributed by atoms with Gasteiger partial charge in [0.2, 0.25) is 0 Å². The van der Waals surface area contributed by atoms with E-state index in [0.29, 0.717) is 27.9 Å². The van der Waals surface area contributed by atoms with Crippen LogP contribution in [0.1, 0.15) is 27.7 Å². The molecular formula is C17H15N3O4. The Balaban J connectivity index is 1.89. The highest BCUT2D eigenvalue weighted by Gasteiger charge is 2.24. The van der Waals surface area contributed by atoms with Crippen LogP contribution in [0.5, 0.6) is 0 Å². The molecule has 0 saturated carbocycles. The second-order valence-electron chi connectivity index (χ2n) is 5.19. The minimum Gasteiger partial charge on any atom is -0.467 e. The van der Waals surface area contributed by atoms with Gasteiger partial charge in [-0.1, -0.05) is 35.5 Å². The number of nitrogens with one attached hydrogen (secondary N) is 1. The van der Waals surface area contributed by atoms with Crippen molar-refractivity contribution in [1.82, 2.24) is 15.5 Å². The van der Waals surface area contributed by atoms with E-state index in [-0.39, 0.29) is 0 Å². The molecule has 0 radical (unpaired) electrons. The number of methoxy groups -OCH3 is 1. The molecule has 1 unspecified atom stereocenters. The summed E-state index contributed by atoms with van der Waals surface area (Å²) in [6, 6.07) is 9.61. The Morgan fingerprint density at radius 2 is 2.00 bits per heavy atom. The molecule has 1 aromatic carbocycles. The van der Waals surface area contributed by atoms with Crippen LogP contribution in [0.2, 0.25) is 0 Å². The molecule has 0 aliphatic rings. The smallest absolute Gasteiger partial charge is 0.333 e. The zero-order valence-electron chi connectivity index (χ0n) is 13.1. The van der Waals surface area contributed by atoms with Gasteiger partial charge >= 0.3 is 5.97 Å². The van der Waals surface area contributed by atoms with Crippen molar-refractivity contribution in [3.8, 4) is 0 Å². The summed E-state index contributed by atoms with van der Waals surface area (Å²) in [6.07, 6.45) is 1.38. The SMILES string of the molecule is COC(=O)C(NC(=O)c1cnc2onc(C)c2c1)c1ccccc1. The molecule has 1 amide bonds. The molecule has 0 aliphatic heterocycles. The minimum absolute atomic E-state index is 0.304. The fraction of sp³-hybridized carbons (Fsp3) is 0.176. The lowest BCUT2D eigenvalue weighted by Crippen LogP contribution is -2.34.